The largest absolute Gasteiger partial charge is 0.409 e. The molecule has 6 heteroatoms. The molecule has 0 fully saturated rings. The number of rotatable bonds is 4. The highest BCUT2D eigenvalue weighted by molar-refractivity contribution is 9.10. The summed E-state index contributed by atoms with van der Waals surface area (Å²) in [4.78, 5) is 0. The first-order valence-corrected chi connectivity index (χ1v) is 5.94. The summed E-state index contributed by atoms with van der Waals surface area (Å²) in [6, 6.07) is 5.18. The number of hydrogen-bond donors (Lipinski definition) is 3. The van der Waals surface area contributed by atoms with Crippen LogP contribution < -0.4 is 11.1 Å². The lowest BCUT2D eigenvalue weighted by atomic mass is 10.2. The molecule has 4 N–H and O–H groups in total. The van der Waals surface area contributed by atoms with Gasteiger partial charge in [-0.05, 0) is 40.5 Å². The molecule has 1 aromatic rings. The Bertz CT molecular complexity index is 398. The van der Waals surface area contributed by atoms with Gasteiger partial charge in [-0.15, -0.1) is 0 Å². The maximum absolute atomic E-state index is 8.62. The van der Waals surface area contributed by atoms with Crippen LogP contribution in [0, 0.1) is 0 Å². The van der Waals surface area contributed by atoms with E-state index in [1.165, 1.54) is 0 Å². The van der Waals surface area contributed by atoms with Gasteiger partial charge in [0.05, 0.1) is 6.04 Å². The van der Waals surface area contributed by atoms with Gasteiger partial charge in [0.25, 0.3) is 0 Å². The zero-order chi connectivity index (χ0) is 12.1. The second kappa shape index (κ2) is 5.96. The molecule has 0 bridgehead atoms. The van der Waals surface area contributed by atoms with Crippen LogP contribution in [0.3, 0.4) is 0 Å². The molecule has 0 spiro atoms. The summed E-state index contributed by atoms with van der Waals surface area (Å²) in [6.45, 7) is 1.94. The molecule has 0 saturated heterocycles. The van der Waals surface area contributed by atoms with Crippen LogP contribution in [-0.4, -0.2) is 17.1 Å². The van der Waals surface area contributed by atoms with E-state index in [1.807, 2.05) is 13.0 Å². The normalized spacial score (nSPS) is 13.6. The summed E-state index contributed by atoms with van der Waals surface area (Å²) in [5.41, 5.74) is 6.40. The van der Waals surface area contributed by atoms with Gasteiger partial charge < -0.3 is 16.3 Å². The average molecular weight is 307 g/mol. The van der Waals surface area contributed by atoms with E-state index in [0.717, 1.165) is 10.2 Å². The lowest BCUT2D eigenvalue weighted by Crippen LogP contribution is -2.35. The Balaban J connectivity index is 2.86. The fourth-order valence-electron chi connectivity index (χ4n) is 1.25. The van der Waals surface area contributed by atoms with Gasteiger partial charge in [0.1, 0.15) is 0 Å². The van der Waals surface area contributed by atoms with Crippen LogP contribution in [0.4, 0.5) is 5.69 Å². The highest BCUT2D eigenvalue weighted by Gasteiger charge is 2.12. The quantitative estimate of drug-likeness (QED) is 0.346. The summed E-state index contributed by atoms with van der Waals surface area (Å²) in [5.74, 6) is 0.157. The van der Waals surface area contributed by atoms with Crippen molar-refractivity contribution in [3.8, 4) is 0 Å². The number of nitrogens with one attached hydrogen (secondary N) is 1. The van der Waals surface area contributed by atoms with E-state index in [1.54, 1.807) is 12.1 Å². The fraction of sp³-hybridized carbons (Fsp3) is 0.300. The first kappa shape index (κ1) is 13.1. The van der Waals surface area contributed by atoms with Crippen molar-refractivity contribution < 1.29 is 5.21 Å². The molecule has 0 aliphatic rings. The van der Waals surface area contributed by atoms with Gasteiger partial charge in [-0.1, -0.05) is 23.7 Å². The minimum Gasteiger partial charge on any atom is -0.409 e. The maximum atomic E-state index is 8.62. The van der Waals surface area contributed by atoms with Crippen molar-refractivity contribution >= 4 is 39.1 Å². The summed E-state index contributed by atoms with van der Waals surface area (Å²) in [7, 11) is 0. The van der Waals surface area contributed by atoms with Gasteiger partial charge in [-0.3, -0.25) is 0 Å². The Hall–Kier alpha value is -0.940. The number of benzene rings is 1. The van der Waals surface area contributed by atoms with Crippen LogP contribution in [0.5, 0.6) is 0 Å². The smallest absolute Gasteiger partial charge is 0.161 e. The monoisotopic (exact) mass is 305 g/mol. The average Bonchev–Trinajstić information content (AvgIpc) is 2.27. The zero-order valence-electron chi connectivity index (χ0n) is 8.74. The SMILES string of the molecule is CCC(Nc1ccc(Cl)cc1Br)/C(N)=N/O. The molecule has 0 saturated carbocycles. The Morgan fingerprint density at radius 2 is 2.38 bits per heavy atom. The molecule has 1 aromatic carbocycles. The predicted molar refractivity (Wildman–Crippen MR) is 70.3 cm³/mol. The van der Waals surface area contributed by atoms with Crippen LogP contribution in [0.25, 0.3) is 0 Å². The van der Waals surface area contributed by atoms with E-state index in [2.05, 4.69) is 26.4 Å². The number of hydrogen-bond acceptors (Lipinski definition) is 3. The van der Waals surface area contributed by atoms with E-state index in [9.17, 15) is 0 Å². The maximum Gasteiger partial charge on any atom is 0.161 e. The standard InChI is InChI=1S/C10H13BrClN3O/c1-2-8(10(13)15-16)14-9-4-3-6(12)5-7(9)11/h3-5,8,14,16H,2H2,1H3,(H2,13,15). The van der Waals surface area contributed by atoms with E-state index >= 15 is 0 Å². The topological polar surface area (TPSA) is 70.6 Å². The Kier molecular flexibility index (Phi) is 4.89. The van der Waals surface area contributed by atoms with Gasteiger partial charge in [-0.25, -0.2) is 0 Å². The van der Waals surface area contributed by atoms with Crippen molar-refractivity contribution in [1.29, 1.82) is 0 Å². The van der Waals surface area contributed by atoms with Gasteiger partial charge in [0.2, 0.25) is 0 Å². The van der Waals surface area contributed by atoms with Gasteiger partial charge >= 0.3 is 0 Å². The molecule has 0 heterocycles. The minimum absolute atomic E-state index is 0.157. The molecule has 1 atom stereocenters. The van der Waals surface area contributed by atoms with Gasteiger partial charge in [0.15, 0.2) is 5.84 Å². The third kappa shape index (κ3) is 3.28. The highest BCUT2D eigenvalue weighted by Crippen LogP contribution is 2.26. The van der Waals surface area contributed by atoms with Crippen molar-refractivity contribution in [2.24, 2.45) is 10.9 Å². The van der Waals surface area contributed by atoms with Gasteiger partial charge in [-0.2, -0.15) is 0 Å². The number of nitrogens with zero attached hydrogens (tertiary/aromatic N) is 1. The van der Waals surface area contributed by atoms with Crippen molar-refractivity contribution in [3.05, 3.63) is 27.7 Å². The lowest BCUT2D eigenvalue weighted by molar-refractivity contribution is 0.316. The van der Waals surface area contributed by atoms with E-state index < -0.39 is 0 Å². The minimum atomic E-state index is -0.206. The first-order chi connectivity index (χ1) is 7.58. The molecule has 4 nitrogen and oxygen atoms in total. The molecule has 1 unspecified atom stereocenters. The number of amidine groups is 1. The third-order valence-corrected chi connectivity index (χ3v) is 3.03. The fourth-order valence-corrected chi connectivity index (χ4v) is 2.05. The van der Waals surface area contributed by atoms with E-state index in [0.29, 0.717) is 11.4 Å². The molecular formula is C10H13BrClN3O. The summed E-state index contributed by atoms with van der Waals surface area (Å²) in [6.07, 6.45) is 0.713. The Morgan fingerprint density at radius 1 is 1.69 bits per heavy atom. The first-order valence-electron chi connectivity index (χ1n) is 4.77. The zero-order valence-corrected chi connectivity index (χ0v) is 11.1. The lowest BCUT2D eigenvalue weighted by Gasteiger charge is -2.17. The molecular weight excluding hydrogens is 293 g/mol. The molecule has 0 radical (unpaired) electrons. The highest BCUT2D eigenvalue weighted by atomic mass is 79.9. The van der Waals surface area contributed by atoms with Crippen LogP contribution >= 0.6 is 27.5 Å². The predicted octanol–water partition coefficient (Wildman–Crippen LogP) is 3.04. The Morgan fingerprint density at radius 3 is 2.88 bits per heavy atom. The van der Waals surface area contributed by atoms with Crippen molar-refractivity contribution in [2.45, 2.75) is 19.4 Å². The number of nitrogens with two attached hydrogens (primary N) is 1. The number of oxime groups is 1. The Labute approximate surface area is 108 Å². The molecule has 16 heavy (non-hydrogen) atoms. The van der Waals surface area contributed by atoms with E-state index in [4.69, 9.17) is 22.5 Å². The summed E-state index contributed by atoms with van der Waals surface area (Å²) >= 11 is 9.22. The summed E-state index contributed by atoms with van der Waals surface area (Å²) in [5, 5.41) is 15.4. The van der Waals surface area contributed by atoms with E-state index in [-0.39, 0.29) is 11.9 Å². The van der Waals surface area contributed by atoms with Crippen LogP contribution in [0.2, 0.25) is 5.02 Å². The molecule has 88 valence electrons. The number of anilines is 1. The van der Waals surface area contributed by atoms with Crippen molar-refractivity contribution in [2.75, 3.05) is 5.32 Å². The molecule has 0 aliphatic carbocycles. The van der Waals surface area contributed by atoms with Crippen molar-refractivity contribution in [3.63, 3.8) is 0 Å². The van der Waals surface area contributed by atoms with Crippen molar-refractivity contribution in [1.82, 2.24) is 0 Å². The second-order valence-corrected chi connectivity index (χ2v) is 4.54. The second-order valence-electron chi connectivity index (χ2n) is 3.25. The third-order valence-electron chi connectivity index (χ3n) is 2.14. The number of halogens is 2. The van der Waals surface area contributed by atoms with Crippen LogP contribution in [0.1, 0.15) is 13.3 Å². The molecule has 0 amide bonds. The molecule has 0 aliphatic heterocycles. The van der Waals surface area contributed by atoms with Crippen LogP contribution in [-0.2, 0) is 0 Å². The van der Waals surface area contributed by atoms with Crippen LogP contribution in [0.15, 0.2) is 27.8 Å². The summed E-state index contributed by atoms with van der Waals surface area (Å²) < 4.78 is 0.837. The molecule has 0 aromatic heterocycles. The molecule has 1 rings (SSSR count). The van der Waals surface area contributed by atoms with Gasteiger partial charge in [0, 0.05) is 15.2 Å².